The van der Waals surface area contributed by atoms with Crippen LogP contribution in [0, 0.1) is 6.92 Å². The normalized spacial score (nSPS) is 14.9. The maximum absolute atomic E-state index is 4.55. The van der Waals surface area contributed by atoms with Crippen molar-refractivity contribution < 1.29 is 0 Å². The van der Waals surface area contributed by atoms with Crippen molar-refractivity contribution >= 4 is 17.2 Å². The Labute approximate surface area is 123 Å². The van der Waals surface area contributed by atoms with Gasteiger partial charge >= 0.3 is 0 Å². The summed E-state index contributed by atoms with van der Waals surface area (Å²) in [5.74, 6) is 1.13. The molecule has 0 aliphatic carbocycles. The van der Waals surface area contributed by atoms with E-state index >= 15 is 0 Å². The summed E-state index contributed by atoms with van der Waals surface area (Å²) in [4.78, 5) is 6.93. The summed E-state index contributed by atoms with van der Waals surface area (Å²) in [7, 11) is 0. The predicted molar refractivity (Wildman–Crippen MR) is 80.9 cm³/mol. The highest BCUT2D eigenvalue weighted by Gasteiger charge is 2.16. The lowest BCUT2D eigenvalue weighted by molar-refractivity contribution is 0.679. The largest absolute Gasteiger partial charge is 0.356 e. The molecule has 6 heteroatoms. The van der Waals surface area contributed by atoms with E-state index in [0.717, 1.165) is 42.0 Å². The number of nitrogens with one attached hydrogen (secondary N) is 1. The van der Waals surface area contributed by atoms with Crippen molar-refractivity contribution in [2.75, 3.05) is 18.0 Å². The molecule has 1 N–H and O–H groups in total. The summed E-state index contributed by atoms with van der Waals surface area (Å²) in [5.41, 5.74) is 1.26. The monoisotopic (exact) mass is 289 g/mol. The Kier molecular flexibility index (Phi) is 4.22. The Morgan fingerprint density at radius 2 is 2.10 bits per heavy atom. The van der Waals surface area contributed by atoms with Gasteiger partial charge in [-0.1, -0.05) is 6.07 Å². The molecular weight excluding hydrogens is 270 g/mol. The first kappa shape index (κ1) is 13.5. The number of aromatic nitrogens is 3. The van der Waals surface area contributed by atoms with Gasteiger partial charge in [-0.25, -0.2) is 4.98 Å². The van der Waals surface area contributed by atoms with Crippen LogP contribution in [-0.4, -0.2) is 28.3 Å². The fourth-order valence-corrected chi connectivity index (χ4v) is 3.17. The van der Waals surface area contributed by atoms with Crippen LogP contribution in [-0.2, 0) is 13.1 Å². The zero-order valence-electron chi connectivity index (χ0n) is 11.7. The number of pyridine rings is 1. The van der Waals surface area contributed by atoms with Crippen LogP contribution in [0.5, 0.6) is 0 Å². The molecule has 3 rings (SSSR count). The molecule has 1 saturated heterocycles. The summed E-state index contributed by atoms with van der Waals surface area (Å²) < 4.78 is 0. The molecule has 0 amide bonds. The van der Waals surface area contributed by atoms with Crippen LogP contribution in [0.4, 0.5) is 5.82 Å². The third-order valence-corrected chi connectivity index (χ3v) is 4.27. The second-order valence-electron chi connectivity index (χ2n) is 5.00. The third kappa shape index (κ3) is 3.13. The van der Waals surface area contributed by atoms with E-state index in [1.165, 1.54) is 18.4 Å². The number of rotatable bonds is 5. The highest BCUT2D eigenvalue weighted by atomic mass is 32.1. The summed E-state index contributed by atoms with van der Waals surface area (Å²) in [5, 5.41) is 13.6. The molecule has 2 aromatic heterocycles. The third-order valence-electron chi connectivity index (χ3n) is 3.43. The van der Waals surface area contributed by atoms with Crippen molar-refractivity contribution in [2.45, 2.75) is 32.9 Å². The molecule has 106 valence electrons. The number of hydrogen-bond donors (Lipinski definition) is 1. The Hall–Kier alpha value is -1.53. The molecule has 3 heterocycles. The molecule has 0 unspecified atom stereocenters. The second-order valence-corrected chi connectivity index (χ2v) is 6.26. The van der Waals surface area contributed by atoms with E-state index in [1.54, 1.807) is 11.3 Å². The first-order valence-electron chi connectivity index (χ1n) is 7.01. The molecule has 1 fully saturated rings. The van der Waals surface area contributed by atoms with Gasteiger partial charge in [0.1, 0.15) is 15.8 Å². The Morgan fingerprint density at radius 3 is 2.85 bits per heavy atom. The molecule has 0 bridgehead atoms. The topological polar surface area (TPSA) is 53.9 Å². The van der Waals surface area contributed by atoms with Crippen molar-refractivity contribution in [2.24, 2.45) is 0 Å². The number of aryl methyl sites for hydroxylation is 1. The van der Waals surface area contributed by atoms with Gasteiger partial charge in [0.25, 0.3) is 0 Å². The quantitative estimate of drug-likeness (QED) is 0.914. The minimum atomic E-state index is 0.764. The van der Waals surface area contributed by atoms with Crippen LogP contribution in [0.25, 0.3) is 0 Å². The molecule has 0 spiro atoms. The summed E-state index contributed by atoms with van der Waals surface area (Å²) in [6.45, 7) is 5.81. The molecule has 0 saturated carbocycles. The lowest BCUT2D eigenvalue weighted by Crippen LogP contribution is -2.22. The minimum absolute atomic E-state index is 0.764. The predicted octanol–water partition coefficient (Wildman–Crippen LogP) is 2.13. The van der Waals surface area contributed by atoms with E-state index in [1.807, 2.05) is 19.2 Å². The van der Waals surface area contributed by atoms with E-state index in [9.17, 15) is 0 Å². The van der Waals surface area contributed by atoms with Gasteiger partial charge in [-0.15, -0.1) is 21.5 Å². The molecular formula is C14H19N5S. The van der Waals surface area contributed by atoms with Gasteiger partial charge in [0.15, 0.2) is 0 Å². The minimum Gasteiger partial charge on any atom is -0.356 e. The first-order valence-corrected chi connectivity index (χ1v) is 7.83. The zero-order valence-corrected chi connectivity index (χ0v) is 12.5. The van der Waals surface area contributed by atoms with Gasteiger partial charge in [-0.3, -0.25) is 0 Å². The van der Waals surface area contributed by atoms with E-state index in [4.69, 9.17) is 0 Å². The van der Waals surface area contributed by atoms with Crippen molar-refractivity contribution in [1.82, 2.24) is 20.5 Å². The van der Waals surface area contributed by atoms with Crippen LogP contribution >= 0.6 is 11.3 Å². The lowest BCUT2D eigenvalue weighted by Gasteiger charge is -2.19. The van der Waals surface area contributed by atoms with Gasteiger partial charge < -0.3 is 10.2 Å². The number of anilines is 1. The zero-order chi connectivity index (χ0) is 13.8. The first-order chi connectivity index (χ1) is 9.83. The Bertz CT molecular complexity index is 562. The van der Waals surface area contributed by atoms with Crippen molar-refractivity contribution in [3.05, 3.63) is 33.9 Å². The van der Waals surface area contributed by atoms with Crippen molar-refractivity contribution in [1.29, 1.82) is 0 Å². The molecule has 2 aromatic rings. The summed E-state index contributed by atoms with van der Waals surface area (Å²) in [6, 6.07) is 4.16. The second kappa shape index (κ2) is 6.28. The maximum atomic E-state index is 4.55. The molecule has 20 heavy (non-hydrogen) atoms. The summed E-state index contributed by atoms with van der Waals surface area (Å²) >= 11 is 1.64. The smallest absolute Gasteiger partial charge is 0.133 e. The van der Waals surface area contributed by atoms with Crippen molar-refractivity contribution in [3.63, 3.8) is 0 Å². The van der Waals surface area contributed by atoms with Crippen LogP contribution in [0.3, 0.4) is 0 Å². The molecule has 0 atom stereocenters. The lowest BCUT2D eigenvalue weighted by atomic mass is 10.2. The SMILES string of the molecule is Cc1nnc(CNCc2cccnc2N2CCCC2)s1. The molecule has 0 radical (unpaired) electrons. The molecule has 0 aromatic carbocycles. The highest BCUT2D eigenvalue weighted by Crippen LogP contribution is 2.21. The maximum Gasteiger partial charge on any atom is 0.133 e. The van der Waals surface area contributed by atoms with Crippen LogP contribution in [0.15, 0.2) is 18.3 Å². The standard InChI is InChI=1S/C14H19N5S/c1-11-17-18-13(20-11)10-15-9-12-5-4-6-16-14(12)19-7-2-3-8-19/h4-6,15H,2-3,7-10H2,1H3. The van der Waals surface area contributed by atoms with Crippen LogP contribution < -0.4 is 10.2 Å². The average Bonchev–Trinajstić information content (AvgIpc) is 3.11. The van der Waals surface area contributed by atoms with Gasteiger partial charge in [0.05, 0.1) is 0 Å². The fourth-order valence-electron chi connectivity index (χ4n) is 2.49. The van der Waals surface area contributed by atoms with E-state index in [-0.39, 0.29) is 0 Å². The number of nitrogens with zero attached hydrogens (tertiary/aromatic N) is 4. The van der Waals surface area contributed by atoms with Crippen molar-refractivity contribution in [3.8, 4) is 0 Å². The van der Waals surface area contributed by atoms with E-state index in [2.05, 4.69) is 31.5 Å². The molecule has 1 aliphatic heterocycles. The highest BCUT2D eigenvalue weighted by molar-refractivity contribution is 7.11. The molecule has 5 nitrogen and oxygen atoms in total. The number of hydrogen-bond acceptors (Lipinski definition) is 6. The van der Waals surface area contributed by atoms with E-state index in [0.29, 0.717) is 0 Å². The van der Waals surface area contributed by atoms with Crippen LogP contribution in [0.1, 0.15) is 28.4 Å². The van der Waals surface area contributed by atoms with E-state index < -0.39 is 0 Å². The Morgan fingerprint density at radius 1 is 1.25 bits per heavy atom. The fraction of sp³-hybridized carbons (Fsp3) is 0.500. The van der Waals surface area contributed by atoms with Gasteiger partial charge in [0, 0.05) is 37.9 Å². The van der Waals surface area contributed by atoms with Gasteiger partial charge in [0.2, 0.25) is 0 Å². The van der Waals surface area contributed by atoms with Gasteiger partial charge in [-0.05, 0) is 25.8 Å². The van der Waals surface area contributed by atoms with Crippen LogP contribution in [0.2, 0.25) is 0 Å². The van der Waals surface area contributed by atoms with Gasteiger partial charge in [-0.2, -0.15) is 0 Å². The average molecular weight is 289 g/mol. The Balaban J connectivity index is 1.62. The molecule has 1 aliphatic rings. The summed E-state index contributed by atoms with van der Waals surface area (Å²) in [6.07, 6.45) is 4.42.